The van der Waals surface area contributed by atoms with Crippen LogP contribution in [-0.2, 0) is 11.3 Å². The predicted molar refractivity (Wildman–Crippen MR) is 112 cm³/mol. The van der Waals surface area contributed by atoms with Crippen molar-refractivity contribution in [3.05, 3.63) is 112 Å². The Morgan fingerprint density at radius 1 is 0.929 bits per heavy atom. The van der Waals surface area contributed by atoms with Crippen LogP contribution in [0.25, 0.3) is 5.57 Å². The van der Waals surface area contributed by atoms with Gasteiger partial charge < -0.3 is 10.0 Å². The van der Waals surface area contributed by atoms with E-state index in [1.165, 1.54) is 0 Å². The summed E-state index contributed by atoms with van der Waals surface area (Å²) in [6.45, 7) is 2.44. The standard InChI is InChI=1S/C24H20ClNO2/c1-16-7-9-17(10-8-16)15-26-22(19-11-13-20(25)14-12-19)21(23(27)24(26)28)18-5-3-2-4-6-18/h2-14,22,27H,15H2,1H3/t22-/m1/s1. The Hall–Kier alpha value is -3.04. The summed E-state index contributed by atoms with van der Waals surface area (Å²) < 4.78 is 0. The quantitative estimate of drug-likeness (QED) is 0.621. The van der Waals surface area contributed by atoms with E-state index in [0.717, 1.165) is 22.3 Å². The maximum atomic E-state index is 13.0. The van der Waals surface area contributed by atoms with Gasteiger partial charge in [-0.1, -0.05) is 83.9 Å². The molecule has 1 aliphatic rings. The van der Waals surface area contributed by atoms with Gasteiger partial charge in [0.15, 0.2) is 5.76 Å². The number of amides is 1. The highest BCUT2D eigenvalue weighted by atomic mass is 35.5. The van der Waals surface area contributed by atoms with Crippen LogP contribution in [0.5, 0.6) is 0 Å². The second-order valence-electron chi connectivity index (χ2n) is 7.00. The van der Waals surface area contributed by atoms with E-state index in [1.54, 1.807) is 4.90 Å². The summed E-state index contributed by atoms with van der Waals surface area (Å²) in [7, 11) is 0. The van der Waals surface area contributed by atoms with Gasteiger partial charge in [0.05, 0.1) is 6.04 Å². The van der Waals surface area contributed by atoms with Crippen LogP contribution in [0.4, 0.5) is 0 Å². The van der Waals surface area contributed by atoms with Crippen molar-refractivity contribution in [2.24, 2.45) is 0 Å². The predicted octanol–water partition coefficient (Wildman–Crippen LogP) is 5.70. The van der Waals surface area contributed by atoms with Crippen molar-refractivity contribution in [1.29, 1.82) is 0 Å². The van der Waals surface area contributed by atoms with Gasteiger partial charge in [-0.2, -0.15) is 0 Å². The van der Waals surface area contributed by atoms with Gasteiger partial charge in [0, 0.05) is 17.1 Å². The van der Waals surface area contributed by atoms with Crippen molar-refractivity contribution >= 4 is 23.1 Å². The highest BCUT2D eigenvalue weighted by molar-refractivity contribution is 6.30. The third-order valence-corrected chi connectivity index (χ3v) is 5.30. The molecular formula is C24H20ClNO2. The van der Waals surface area contributed by atoms with Crippen LogP contribution in [0.2, 0.25) is 5.02 Å². The topological polar surface area (TPSA) is 40.5 Å². The minimum atomic E-state index is -0.381. The van der Waals surface area contributed by atoms with Gasteiger partial charge in [-0.15, -0.1) is 0 Å². The zero-order valence-electron chi connectivity index (χ0n) is 15.5. The number of halogens is 1. The Morgan fingerprint density at radius 3 is 2.21 bits per heavy atom. The molecule has 3 aromatic carbocycles. The number of aryl methyl sites for hydroxylation is 1. The van der Waals surface area contributed by atoms with Crippen molar-refractivity contribution in [2.45, 2.75) is 19.5 Å². The molecule has 3 nitrogen and oxygen atoms in total. The third-order valence-electron chi connectivity index (χ3n) is 5.05. The number of hydrogen-bond acceptors (Lipinski definition) is 2. The lowest BCUT2D eigenvalue weighted by atomic mass is 9.93. The molecule has 0 spiro atoms. The number of hydrogen-bond donors (Lipinski definition) is 1. The fourth-order valence-corrected chi connectivity index (χ4v) is 3.74. The average molecular weight is 390 g/mol. The molecule has 1 atom stereocenters. The number of aliphatic hydroxyl groups is 1. The first-order valence-electron chi connectivity index (χ1n) is 9.15. The maximum Gasteiger partial charge on any atom is 0.290 e. The molecule has 1 aliphatic heterocycles. The first kappa shape index (κ1) is 18.3. The van der Waals surface area contributed by atoms with Crippen LogP contribution in [-0.4, -0.2) is 15.9 Å². The number of rotatable bonds is 4. The zero-order chi connectivity index (χ0) is 19.7. The van der Waals surface area contributed by atoms with Gasteiger partial charge in [-0.3, -0.25) is 4.79 Å². The molecule has 1 heterocycles. The van der Waals surface area contributed by atoms with Crippen LogP contribution in [0.3, 0.4) is 0 Å². The fourth-order valence-electron chi connectivity index (χ4n) is 3.61. The molecule has 0 fully saturated rings. The van der Waals surface area contributed by atoms with Crippen LogP contribution in [0.15, 0.2) is 84.6 Å². The molecule has 0 unspecified atom stereocenters. The molecule has 28 heavy (non-hydrogen) atoms. The first-order chi connectivity index (χ1) is 13.5. The number of carbonyl (C=O) groups is 1. The van der Waals surface area contributed by atoms with E-state index in [-0.39, 0.29) is 17.7 Å². The van der Waals surface area contributed by atoms with Crippen molar-refractivity contribution in [1.82, 2.24) is 4.90 Å². The lowest BCUT2D eigenvalue weighted by molar-refractivity contribution is -0.130. The summed E-state index contributed by atoms with van der Waals surface area (Å²) in [6.07, 6.45) is 0. The zero-order valence-corrected chi connectivity index (χ0v) is 16.2. The molecule has 0 radical (unpaired) electrons. The van der Waals surface area contributed by atoms with E-state index in [1.807, 2.05) is 85.8 Å². The average Bonchev–Trinajstić information content (AvgIpc) is 2.96. The van der Waals surface area contributed by atoms with Gasteiger partial charge in [0.25, 0.3) is 5.91 Å². The molecule has 3 aromatic rings. The van der Waals surface area contributed by atoms with Gasteiger partial charge in [0.1, 0.15) is 0 Å². The number of carbonyl (C=O) groups excluding carboxylic acids is 1. The Kier molecular flexibility index (Phi) is 4.93. The van der Waals surface area contributed by atoms with Crippen LogP contribution in [0, 0.1) is 6.92 Å². The van der Waals surface area contributed by atoms with Crippen molar-refractivity contribution in [2.75, 3.05) is 0 Å². The Balaban J connectivity index is 1.80. The number of nitrogens with zero attached hydrogens (tertiary/aromatic N) is 1. The van der Waals surface area contributed by atoms with Gasteiger partial charge in [-0.25, -0.2) is 0 Å². The van der Waals surface area contributed by atoms with Gasteiger partial charge in [-0.05, 0) is 35.7 Å². The van der Waals surface area contributed by atoms with Crippen LogP contribution >= 0.6 is 11.6 Å². The largest absolute Gasteiger partial charge is 0.503 e. The Labute approximate surface area is 169 Å². The molecule has 140 valence electrons. The molecule has 1 N–H and O–H groups in total. The summed E-state index contributed by atoms with van der Waals surface area (Å²) in [6, 6.07) is 24.7. The minimum absolute atomic E-state index is 0.196. The molecule has 1 amide bonds. The van der Waals surface area contributed by atoms with E-state index in [9.17, 15) is 9.90 Å². The molecular weight excluding hydrogens is 370 g/mol. The highest BCUT2D eigenvalue weighted by Crippen LogP contribution is 2.43. The summed E-state index contributed by atoms with van der Waals surface area (Å²) in [5.74, 6) is -0.558. The third kappa shape index (κ3) is 3.41. The first-order valence-corrected chi connectivity index (χ1v) is 9.53. The van der Waals surface area contributed by atoms with Gasteiger partial charge in [0.2, 0.25) is 0 Å². The van der Waals surface area contributed by atoms with E-state index in [0.29, 0.717) is 17.1 Å². The smallest absolute Gasteiger partial charge is 0.290 e. The fraction of sp³-hybridized carbons (Fsp3) is 0.125. The Morgan fingerprint density at radius 2 is 1.57 bits per heavy atom. The second kappa shape index (κ2) is 7.53. The summed E-state index contributed by atoms with van der Waals surface area (Å²) in [4.78, 5) is 14.7. The normalized spacial score (nSPS) is 16.7. The molecule has 0 bridgehead atoms. The van der Waals surface area contributed by atoms with Crippen molar-refractivity contribution in [3.8, 4) is 0 Å². The van der Waals surface area contributed by atoms with E-state index in [2.05, 4.69) is 0 Å². The number of benzene rings is 3. The summed E-state index contributed by atoms with van der Waals surface area (Å²) >= 11 is 6.07. The molecule has 0 aromatic heterocycles. The molecule has 0 saturated carbocycles. The van der Waals surface area contributed by atoms with Crippen LogP contribution in [0.1, 0.15) is 28.3 Å². The van der Waals surface area contributed by atoms with E-state index in [4.69, 9.17) is 11.6 Å². The van der Waals surface area contributed by atoms with Crippen molar-refractivity contribution < 1.29 is 9.90 Å². The molecule has 4 heteroatoms. The summed E-state index contributed by atoms with van der Waals surface area (Å²) in [5.41, 5.74) is 4.55. The second-order valence-corrected chi connectivity index (χ2v) is 7.44. The van der Waals surface area contributed by atoms with Crippen molar-refractivity contribution in [3.63, 3.8) is 0 Å². The summed E-state index contributed by atoms with van der Waals surface area (Å²) in [5, 5.41) is 11.4. The monoisotopic (exact) mass is 389 g/mol. The Bertz CT molecular complexity index is 1020. The molecule has 0 aliphatic carbocycles. The molecule has 4 rings (SSSR count). The molecule has 0 saturated heterocycles. The van der Waals surface area contributed by atoms with Crippen LogP contribution < -0.4 is 0 Å². The maximum absolute atomic E-state index is 13.0. The minimum Gasteiger partial charge on any atom is -0.503 e. The highest BCUT2D eigenvalue weighted by Gasteiger charge is 2.40. The number of aliphatic hydroxyl groups excluding tert-OH is 1. The lowest BCUT2D eigenvalue weighted by Crippen LogP contribution is -2.29. The lowest BCUT2D eigenvalue weighted by Gasteiger charge is -2.27. The SMILES string of the molecule is Cc1ccc(CN2C(=O)C(O)=C(c3ccccc3)[C@H]2c2ccc(Cl)cc2)cc1. The van der Waals surface area contributed by atoms with E-state index < -0.39 is 0 Å². The van der Waals surface area contributed by atoms with E-state index >= 15 is 0 Å². The van der Waals surface area contributed by atoms with Gasteiger partial charge >= 0.3 is 0 Å².